The molecule has 8 heteroatoms. The summed E-state index contributed by atoms with van der Waals surface area (Å²) in [5.74, 6) is -0.689. The number of rotatable bonds is 12. The van der Waals surface area contributed by atoms with Crippen molar-refractivity contribution < 1.29 is 38.4 Å². The largest absolute Gasteiger partial charge is 0.508 e. The van der Waals surface area contributed by atoms with E-state index in [0.29, 0.717) is 13.2 Å². The number of aliphatic hydroxyl groups excluding tert-OH is 1. The summed E-state index contributed by atoms with van der Waals surface area (Å²) in [5, 5.41) is 9.27. The maximum absolute atomic E-state index is 11.7. The van der Waals surface area contributed by atoms with Gasteiger partial charge < -0.3 is 28.8 Å². The molecule has 1 unspecified atom stereocenters. The summed E-state index contributed by atoms with van der Waals surface area (Å²) < 4.78 is 24.2. The maximum atomic E-state index is 11.7. The highest BCUT2D eigenvalue weighted by Crippen LogP contribution is 2.18. The van der Waals surface area contributed by atoms with Crippen LogP contribution in [0.25, 0.3) is 0 Å². The molecule has 22 heavy (non-hydrogen) atoms. The van der Waals surface area contributed by atoms with Crippen LogP contribution < -0.4 is 0 Å². The van der Waals surface area contributed by atoms with Gasteiger partial charge in [0.25, 0.3) is 0 Å². The standard InChI is InChI=1S/C14H24O8/c1-4-5-20-12(16)14(2,10-15)11-22-13(17)21-9-8-19-7-6-18-3/h4,15H,1,5-11H2,2-3H3. The first-order valence-electron chi connectivity index (χ1n) is 6.75. The van der Waals surface area contributed by atoms with Gasteiger partial charge in [0.2, 0.25) is 0 Å². The highest BCUT2D eigenvalue weighted by atomic mass is 16.7. The van der Waals surface area contributed by atoms with Crippen molar-refractivity contribution in [2.24, 2.45) is 5.41 Å². The van der Waals surface area contributed by atoms with E-state index in [-0.39, 0.29) is 26.4 Å². The summed E-state index contributed by atoms with van der Waals surface area (Å²) in [6.45, 7) is 5.01. The Morgan fingerprint density at radius 1 is 1.14 bits per heavy atom. The predicted molar refractivity (Wildman–Crippen MR) is 76.3 cm³/mol. The highest BCUT2D eigenvalue weighted by molar-refractivity contribution is 5.77. The van der Waals surface area contributed by atoms with E-state index in [1.807, 2.05) is 0 Å². The molecule has 0 radical (unpaired) electrons. The third kappa shape index (κ3) is 8.60. The van der Waals surface area contributed by atoms with Gasteiger partial charge in [-0.25, -0.2) is 4.79 Å². The average Bonchev–Trinajstić information content (AvgIpc) is 2.53. The first-order valence-corrected chi connectivity index (χ1v) is 6.75. The van der Waals surface area contributed by atoms with Crippen molar-refractivity contribution in [2.45, 2.75) is 6.92 Å². The Morgan fingerprint density at radius 3 is 2.41 bits per heavy atom. The molecule has 0 rings (SSSR count). The molecule has 1 N–H and O–H groups in total. The first-order chi connectivity index (χ1) is 10.5. The average molecular weight is 320 g/mol. The number of methoxy groups -OCH3 is 1. The van der Waals surface area contributed by atoms with E-state index >= 15 is 0 Å². The molecule has 0 bridgehead atoms. The normalized spacial score (nSPS) is 13.0. The number of carbonyl (C=O) groups is 2. The molecular formula is C14H24O8. The summed E-state index contributed by atoms with van der Waals surface area (Å²) in [7, 11) is 1.55. The van der Waals surface area contributed by atoms with Crippen LogP contribution in [0.5, 0.6) is 0 Å². The van der Waals surface area contributed by atoms with Crippen molar-refractivity contribution in [2.75, 3.05) is 53.4 Å². The second-order valence-electron chi connectivity index (χ2n) is 4.60. The van der Waals surface area contributed by atoms with Crippen LogP contribution in [0.1, 0.15) is 6.92 Å². The smallest absolute Gasteiger partial charge is 0.461 e. The minimum atomic E-state index is -1.35. The van der Waals surface area contributed by atoms with Crippen LogP contribution >= 0.6 is 0 Å². The molecule has 1 atom stereocenters. The molecule has 0 fully saturated rings. The molecule has 128 valence electrons. The van der Waals surface area contributed by atoms with Crippen molar-refractivity contribution in [3.05, 3.63) is 12.7 Å². The Balaban J connectivity index is 3.98. The van der Waals surface area contributed by atoms with Gasteiger partial charge in [0.1, 0.15) is 25.2 Å². The number of hydrogen-bond acceptors (Lipinski definition) is 8. The number of aliphatic hydroxyl groups is 1. The van der Waals surface area contributed by atoms with Crippen LogP contribution in [0.15, 0.2) is 12.7 Å². The van der Waals surface area contributed by atoms with Crippen LogP contribution in [-0.4, -0.2) is 70.6 Å². The molecule has 0 amide bonds. The van der Waals surface area contributed by atoms with Gasteiger partial charge >= 0.3 is 12.1 Å². The predicted octanol–water partition coefficient (Wildman–Crippen LogP) is 0.530. The topological polar surface area (TPSA) is 101 Å². The molecule has 0 aromatic rings. The number of hydrogen-bond donors (Lipinski definition) is 1. The van der Waals surface area contributed by atoms with Gasteiger partial charge in [-0.05, 0) is 6.92 Å². The lowest BCUT2D eigenvalue weighted by molar-refractivity contribution is -0.159. The number of ether oxygens (including phenoxy) is 5. The fourth-order valence-electron chi connectivity index (χ4n) is 1.17. The Kier molecular flexibility index (Phi) is 11.1. The molecule has 0 aliphatic rings. The summed E-state index contributed by atoms with van der Waals surface area (Å²) in [4.78, 5) is 23.1. The number of carbonyl (C=O) groups excluding carboxylic acids is 2. The van der Waals surface area contributed by atoms with Gasteiger partial charge in [0.05, 0.1) is 26.4 Å². The van der Waals surface area contributed by atoms with Crippen molar-refractivity contribution in [1.82, 2.24) is 0 Å². The lowest BCUT2D eigenvalue weighted by Crippen LogP contribution is -2.39. The maximum Gasteiger partial charge on any atom is 0.508 e. The Hall–Kier alpha value is -1.64. The van der Waals surface area contributed by atoms with Gasteiger partial charge in [-0.2, -0.15) is 0 Å². The molecule has 0 aromatic heterocycles. The monoisotopic (exact) mass is 320 g/mol. The van der Waals surface area contributed by atoms with E-state index in [0.717, 1.165) is 0 Å². The van der Waals surface area contributed by atoms with E-state index in [2.05, 4.69) is 6.58 Å². The molecule has 0 spiro atoms. The number of esters is 1. The first kappa shape index (κ1) is 20.4. The van der Waals surface area contributed by atoms with E-state index in [9.17, 15) is 14.7 Å². The van der Waals surface area contributed by atoms with E-state index in [1.54, 1.807) is 7.11 Å². The second kappa shape index (κ2) is 12.0. The lowest BCUT2D eigenvalue weighted by Gasteiger charge is -2.23. The van der Waals surface area contributed by atoms with Crippen molar-refractivity contribution in [3.8, 4) is 0 Å². The van der Waals surface area contributed by atoms with Gasteiger partial charge in [0, 0.05) is 7.11 Å². The summed E-state index contributed by atoms with van der Waals surface area (Å²) in [6.07, 6.45) is 0.445. The fourth-order valence-corrected chi connectivity index (χ4v) is 1.17. The molecule has 0 aromatic carbocycles. The second-order valence-corrected chi connectivity index (χ2v) is 4.60. The molecule has 0 saturated heterocycles. The van der Waals surface area contributed by atoms with E-state index < -0.39 is 24.1 Å². The fraction of sp³-hybridized carbons (Fsp3) is 0.714. The third-order valence-corrected chi connectivity index (χ3v) is 2.56. The lowest BCUT2D eigenvalue weighted by atomic mass is 9.93. The van der Waals surface area contributed by atoms with Crippen LogP contribution in [-0.2, 0) is 28.5 Å². The van der Waals surface area contributed by atoms with Crippen LogP contribution in [0.2, 0.25) is 0 Å². The summed E-state index contributed by atoms with van der Waals surface area (Å²) in [6, 6.07) is 0. The zero-order valence-electron chi connectivity index (χ0n) is 13.0. The molecular weight excluding hydrogens is 296 g/mol. The minimum absolute atomic E-state index is 0.0116. The van der Waals surface area contributed by atoms with Gasteiger partial charge in [-0.1, -0.05) is 12.7 Å². The zero-order valence-corrected chi connectivity index (χ0v) is 13.0. The van der Waals surface area contributed by atoms with Gasteiger partial charge in [0.15, 0.2) is 0 Å². The Labute approximate surface area is 129 Å². The molecule has 0 heterocycles. The van der Waals surface area contributed by atoms with Crippen LogP contribution in [0, 0.1) is 5.41 Å². The van der Waals surface area contributed by atoms with Crippen molar-refractivity contribution in [1.29, 1.82) is 0 Å². The third-order valence-electron chi connectivity index (χ3n) is 2.56. The Bertz CT molecular complexity index is 344. The molecule has 8 nitrogen and oxygen atoms in total. The Morgan fingerprint density at radius 2 is 1.82 bits per heavy atom. The van der Waals surface area contributed by atoms with Gasteiger partial charge in [-0.15, -0.1) is 0 Å². The van der Waals surface area contributed by atoms with Crippen molar-refractivity contribution >= 4 is 12.1 Å². The summed E-state index contributed by atoms with van der Waals surface area (Å²) in [5.41, 5.74) is -1.35. The van der Waals surface area contributed by atoms with E-state index in [4.69, 9.17) is 23.7 Å². The van der Waals surface area contributed by atoms with Gasteiger partial charge in [-0.3, -0.25) is 4.79 Å². The van der Waals surface area contributed by atoms with Crippen LogP contribution in [0.3, 0.4) is 0 Å². The quantitative estimate of drug-likeness (QED) is 0.316. The molecule has 0 saturated carbocycles. The highest BCUT2D eigenvalue weighted by Gasteiger charge is 2.36. The minimum Gasteiger partial charge on any atom is -0.461 e. The summed E-state index contributed by atoms with van der Waals surface area (Å²) >= 11 is 0. The van der Waals surface area contributed by atoms with Crippen LogP contribution in [0.4, 0.5) is 4.79 Å². The zero-order chi connectivity index (χ0) is 16.8. The van der Waals surface area contributed by atoms with Crippen molar-refractivity contribution in [3.63, 3.8) is 0 Å². The molecule has 0 aliphatic carbocycles. The SMILES string of the molecule is C=CCOC(=O)C(C)(CO)COC(=O)OCCOCCOC. The van der Waals surface area contributed by atoms with E-state index in [1.165, 1.54) is 13.0 Å². The molecule has 0 aliphatic heterocycles.